The van der Waals surface area contributed by atoms with Gasteiger partial charge >= 0.3 is 0 Å². The molecule has 0 aliphatic rings. The predicted octanol–water partition coefficient (Wildman–Crippen LogP) is 4.83. The molecule has 1 aromatic carbocycles. The average Bonchev–Trinajstić information content (AvgIpc) is 2.24. The van der Waals surface area contributed by atoms with Gasteiger partial charge in [0.15, 0.2) is 0 Å². The fraction of sp³-hybridized carbons (Fsp3) is 0.111. The first-order valence-electron chi connectivity index (χ1n) is 3.63. The Morgan fingerprint density at radius 1 is 0.800 bits per heavy atom. The van der Waals surface area contributed by atoms with Crippen LogP contribution in [-0.4, -0.2) is 5.11 Å². The molecule has 1 N–H and O–H groups in total. The van der Waals surface area contributed by atoms with Crippen molar-refractivity contribution in [1.29, 1.82) is 0 Å². The highest BCUT2D eigenvalue weighted by Gasteiger charge is 2.18. The Hall–Kier alpha value is 0.0300. The summed E-state index contributed by atoms with van der Waals surface area (Å²) >= 11 is 29.2. The highest BCUT2D eigenvalue weighted by molar-refractivity contribution is 6.55. The van der Waals surface area contributed by atoms with Crippen LogP contribution in [0, 0.1) is 12.0 Å². The Kier molecular flexibility index (Phi) is 4.70. The maximum absolute atomic E-state index is 8.36. The van der Waals surface area contributed by atoms with Crippen LogP contribution in [0.15, 0.2) is 0 Å². The number of aliphatic hydroxyl groups excluding tert-OH is 1. The molecule has 0 fully saturated rings. The molecule has 0 saturated carbocycles. The van der Waals surface area contributed by atoms with E-state index in [0.717, 1.165) is 0 Å². The van der Waals surface area contributed by atoms with Gasteiger partial charge in [0, 0.05) is 12.0 Å². The lowest BCUT2D eigenvalue weighted by atomic mass is 10.1. The summed E-state index contributed by atoms with van der Waals surface area (Å²) in [6.07, 6.45) is 1.88. The predicted molar refractivity (Wildman–Crippen MR) is 64.9 cm³/mol. The zero-order valence-corrected chi connectivity index (χ0v) is 10.8. The van der Waals surface area contributed by atoms with E-state index in [-0.39, 0.29) is 31.5 Å². The van der Waals surface area contributed by atoms with Gasteiger partial charge in [-0.25, -0.2) is 0 Å². The highest BCUT2D eigenvalue weighted by Crippen LogP contribution is 2.43. The van der Waals surface area contributed by atoms with Gasteiger partial charge < -0.3 is 5.11 Å². The number of aliphatic hydroxyl groups is 1. The summed E-state index contributed by atoms with van der Waals surface area (Å²) in [7, 11) is 0. The minimum absolute atomic E-state index is 0.106. The van der Waals surface area contributed by atoms with Crippen molar-refractivity contribution >= 4 is 58.0 Å². The number of rotatable bonds is 1. The maximum atomic E-state index is 8.36. The molecule has 0 heterocycles. The van der Waals surface area contributed by atoms with E-state index in [4.69, 9.17) is 63.1 Å². The van der Waals surface area contributed by atoms with Crippen LogP contribution in [0.1, 0.15) is 5.56 Å². The Morgan fingerprint density at radius 3 is 1.60 bits per heavy atom. The van der Waals surface area contributed by atoms with E-state index >= 15 is 0 Å². The van der Waals surface area contributed by atoms with Crippen molar-refractivity contribution in [3.63, 3.8) is 0 Å². The quantitative estimate of drug-likeness (QED) is 0.447. The molecule has 0 radical (unpaired) electrons. The second-order valence-electron chi connectivity index (χ2n) is 2.51. The van der Waals surface area contributed by atoms with Gasteiger partial charge in [-0.3, -0.25) is 0 Å². The van der Waals surface area contributed by atoms with Crippen LogP contribution in [0.5, 0.6) is 0 Å². The normalized spacial score (nSPS) is 9.67. The summed E-state index contributed by atoms with van der Waals surface area (Å²) in [6, 6.07) is 0. The molecule has 6 heteroatoms. The molecule has 1 aromatic rings. The van der Waals surface area contributed by atoms with Crippen molar-refractivity contribution < 1.29 is 5.11 Å². The summed E-state index contributed by atoms with van der Waals surface area (Å²) in [4.78, 5) is 0. The lowest BCUT2D eigenvalue weighted by Crippen LogP contribution is -1.90. The third-order valence-electron chi connectivity index (χ3n) is 1.64. The third-order valence-corrected chi connectivity index (χ3v) is 4.00. The SMILES string of the molecule is OC#CCc1c(Cl)c(Cl)c(Cl)c(Cl)c1Cl. The molecule has 0 aliphatic carbocycles. The Labute approximate surface area is 112 Å². The summed E-state index contributed by atoms with van der Waals surface area (Å²) in [5, 5.41) is 9.11. The molecule has 0 atom stereocenters. The van der Waals surface area contributed by atoms with E-state index in [1.165, 1.54) is 0 Å². The van der Waals surface area contributed by atoms with Crippen molar-refractivity contribution in [2.75, 3.05) is 0 Å². The molecule has 1 nitrogen and oxygen atoms in total. The second-order valence-corrected chi connectivity index (χ2v) is 4.40. The molecule has 1 rings (SSSR count). The first-order valence-corrected chi connectivity index (χ1v) is 5.52. The minimum atomic E-state index is 0.106. The first-order chi connectivity index (χ1) is 7.00. The zero-order chi connectivity index (χ0) is 11.6. The average molecular weight is 304 g/mol. The molecule has 0 aromatic heterocycles. The van der Waals surface area contributed by atoms with Gasteiger partial charge in [0.1, 0.15) is 6.11 Å². The van der Waals surface area contributed by atoms with Crippen molar-refractivity contribution in [2.45, 2.75) is 6.42 Å². The van der Waals surface area contributed by atoms with E-state index < -0.39 is 0 Å². The van der Waals surface area contributed by atoms with Crippen molar-refractivity contribution in [3.05, 3.63) is 30.7 Å². The number of benzene rings is 1. The fourth-order valence-corrected chi connectivity index (χ4v) is 2.24. The van der Waals surface area contributed by atoms with E-state index in [1.54, 1.807) is 6.11 Å². The molecule has 80 valence electrons. The van der Waals surface area contributed by atoms with Crippen molar-refractivity contribution in [3.8, 4) is 12.0 Å². The fourth-order valence-electron chi connectivity index (χ4n) is 0.933. The van der Waals surface area contributed by atoms with Crippen LogP contribution in [0.3, 0.4) is 0 Å². The molecule has 0 bridgehead atoms. The molecule has 15 heavy (non-hydrogen) atoms. The largest absolute Gasteiger partial charge is 0.462 e. The lowest BCUT2D eigenvalue weighted by molar-refractivity contribution is 0.516. The highest BCUT2D eigenvalue weighted by atomic mass is 35.5. The van der Waals surface area contributed by atoms with Crippen molar-refractivity contribution in [2.24, 2.45) is 0 Å². The zero-order valence-electron chi connectivity index (χ0n) is 7.04. The monoisotopic (exact) mass is 302 g/mol. The smallest absolute Gasteiger partial charge is 0.107 e. The van der Waals surface area contributed by atoms with Gasteiger partial charge in [0.05, 0.1) is 25.1 Å². The van der Waals surface area contributed by atoms with E-state index in [9.17, 15) is 0 Å². The molecular weight excluding hydrogens is 301 g/mol. The molecule has 0 aliphatic heterocycles. The topological polar surface area (TPSA) is 20.2 Å². The number of halogens is 5. The third kappa shape index (κ3) is 2.58. The molecule has 0 saturated heterocycles. The number of hydrogen-bond acceptors (Lipinski definition) is 1. The van der Waals surface area contributed by atoms with Crippen LogP contribution in [0.2, 0.25) is 25.1 Å². The Balaban J connectivity index is 3.42. The Morgan fingerprint density at radius 2 is 1.20 bits per heavy atom. The van der Waals surface area contributed by atoms with Gasteiger partial charge in [0.2, 0.25) is 0 Å². The van der Waals surface area contributed by atoms with Crippen LogP contribution in [-0.2, 0) is 6.42 Å². The summed E-state index contributed by atoms with van der Waals surface area (Å²) in [6.45, 7) is 0. The maximum Gasteiger partial charge on any atom is 0.107 e. The van der Waals surface area contributed by atoms with Crippen LogP contribution < -0.4 is 0 Å². The summed E-state index contributed by atoms with van der Waals surface area (Å²) < 4.78 is 0. The standard InChI is InChI=1S/C9H3Cl5O/c10-5-4(2-1-3-15)6(11)8(13)9(14)7(5)12/h15H,2H2. The van der Waals surface area contributed by atoms with Crippen LogP contribution in [0.25, 0.3) is 0 Å². The van der Waals surface area contributed by atoms with Gasteiger partial charge in [0.25, 0.3) is 0 Å². The van der Waals surface area contributed by atoms with Gasteiger partial charge in [-0.15, -0.1) is 0 Å². The van der Waals surface area contributed by atoms with Crippen molar-refractivity contribution in [1.82, 2.24) is 0 Å². The lowest BCUT2D eigenvalue weighted by Gasteiger charge is -2.09. The molecular formula is C9H3Cl5O. The molecule has 0 amide bonds. The van der Waals surface area contributed by atoms with E-state index in [0.29, 0.717) is 5.56 Å². The van der Waals surface area contributed by atoms with Gasteiger partial charge in [-0.2, -0.15) is 0 Å². The first kappa shape index (κ1) is 13.1. The summed E-state index contributed by atoms with van der Waals surface area (Å²) in [5.74, 6) is 2.40. The second kappa shape index (κ2) is 5.39. The van der Waals surface area contributed by atoms with Gasteiger partial charge in [-0.05, 0) is 0 Å². The number of hydrogen-bond donors (Lipinski definition) is 1. The van der Waals surface area contributed by atoms with E-state index in [2.05, 4.69) is 5.92 Å². The summed E-state index contributed by atoms with van der Waals surface area (Å²) in [5.41, 5.74) is 0.444. The minimum Gasteiger partial charge on any atom is -0.462 e. The molecule has 0 spiro atoms. The van der Waals surface area contributed by atoms with E-state index in [1.807, 2.05) is 0 Å². The molecule has 0 unspecified atom stereocenters. The van der Waals surface area contributed by atoms with Crippen LogP contribution in [0.4, 0.5) is 0 Å². The van der Waals surface area contributed by atoms with Gasteiger partial charge in [-0.1, -0.05) is 63.9 Å². The van der Waals surface area contributed by atoms with Crippen LogP contribution >= 0.6 is 58.0 Å². The Bertz CT molecular complexity index is 429.